The van der Waals surface area contributed by atoms with Gasteiger partial charge in [0.05, 0.1) is 12.2 Å². The van der Waals surface area contributed by atoms with Gasteiger partial charge in [-0.3, -0.25) is 14.5 Å². The lowest BCUT2D eigenvalue weighted by Gasteiger charge is -2.15. The number of aromatic nitrogens is 3. The molecule has 1 aliphatic rings. The second-order valence-electron chi connectivity index (χ2n) is 7.51. The monoisotopic (exact) mass is 374 g/mol. The Morgan fingerprint density at radius 3 is 2.68 bits per heavy atom. The maximum absolute atomic E-state index is 12.5. The average molecular weight is 374 g/mol. The van der Waals surface area contributed by atoms with E-state index in [2.05, 4.69) is 15.0 Å². The maximum Gasteiger partial charge on any atom is 0.251 e. The largest absolute Gasteiger partial charge is 0.350 e. The molecular weight excluding hydrogens is 348 g/mol. The van der Waals surface area contributed by atoms with Gasteiger partial charge in [0.15, 0.2) is 0 Å². The normalized spacial score (nSPS) is 13.2. The number of hydrogen-bond donors (Lipinski definition) is 1. The Bertz CT molecular complexity index is 991. The Hall–Kier alpha value is -2.95. The first-order valence-electron chi connectivity index (χ1n) is 9.98. The third-order valence-electron chi connectivity index (χ3n) is 5.45. The van der Waals surface area contributed by atoms with Crippen LogP contribution in [0, 0.1) is 13.8 Å². The first-order valence-corrected chi connectivity index (χ1v) is 9.98. The summed E-state index contributed by atoms with van der Waals surface area (Å²) in [5.74, 6) is -0.0205. The zero-order valence-corrected chi connectivity index (χ0v) is 16.5. The molecule has 1 aromatic carbocycles. The fourth-order valence-corrected chi connectivity index (χ4v) is 4.04. The first kappa shape index (κ1) is 18.4. The molecule has 0 atom stereocenters. The van der Waals surface area contributed by atoms with Crippen molar-refractivity contribution in [1.82, 2.24) is 20.1 Å². The van der Waals surface area contributed by atoms with E-state index >= 15 is 0 Å². The summed E-state index contributed by atoms with van der Waals surface area (Å²) in [6.45, 7) is 5.27. The molecule has 0 saturated carbocycles. The molecule has 0 aliphatic heterocycles. The third-order valence-corrected chi connectivity index (χ3v) is 5.45. The lowest BCUT2D eigenvalue weighted by molar-refractivity contribution is 0.0951. The van der Waals surface area contributed by atoms with E-state index in [0.717, 1.165) is 35.2 Å². The number of benzene rings is 1. The van der Waals surface area contributed by atoms with Gasteiger partial charge >= 0.3 is 0 Å². The van der Waals surface area contributed by atoms with Crippen LogP contribution in [0.4, 0.5) is 0 Å². The molecule has 1 aliphatic carbocycles. The molecule has 144 valence electrons. The van der Waals surface area contributed by atoms with Crippen molar-refractivity contribution >= 4 is 5.91 Å². The topological polar surface area (TPSA) is 59.8 Å². The number of pyridine rings is 1. The minimum Gasteiger partial charge on any atom is -0.350 e. The molecule has 0 spiro atoms. The molecule has 0 fully saturated rings. The molecule has 1 N–H and O–H groups in total. The number of hydrogen-bond acceptors (Lipinski definition) is 3. The summed E-state index contributed by atoms with van der Waals surface area (Å²) < 4.78 is 2.09. The van der Waals surface area contributed by atoms with E-state index in [0.29, 0.717) is 13.1 Å². The van der Waals surface area contributed by atoms with E-state index in [1.54, 1.807) is 0 Å². The fourth-order valence-electron chi connectivity index (χ4n) is 4.04. The van der Waals surface area contributed by atoms with Gasteiger partial charge in [-0.25, -0.2) is 0 Å². The van der Waals surface area contributed by atoms with Crippen molar-refractivity contribution < 1.29 is 4.79 Å². The molecule has 2 heterocycles. The van der Waals surface area contributed by atoms with Gasteiger partial charge in [0.1, 0.15) is 0 Å². The van der Waals surface area contributed by atoms with Gasteiger partial charge < -0.3 is 5.32 Å². The highest BCUT2D eigenvalue weighted by Gasteiger charge is 2.21. The van der Waals surface area contributed by atoms with Crippen molar-refractivity contribution in [2.24, 2.45) is 0 Å². The molecule has 0 bridgehead atoms. The van der Waals surface area contributed by atoms with E-state index in [4.69, 9.17) is 5.10 Å². The molecule has 0 unspecified atom stereocenters. The van der Waals surface area contributed by atoms with E-state index < -0.39 is 0 Å². The summed E-state index contributed by atoms with van der Waals surface area (Å²) in [5, 5.41) is 7.95. The molecule has 2 aromatic heterocycles. The Balaban J connectivity index is 1.49. The summed E-state index contributed by atoms with van der Waals surface area (Å²) in [4.78, 5) is 16.7. The Morgan fingerprint density at radius 2 is 1.89 bits per heavy atom. The van der Waals surface area contributed by atoms with Crippen molar-refractivity contribution in [2.45, 2.75) is 46.1 Å². The van der Waals surface area contributed by atoms with Gasteiger partial charge in [-0.2, -0.15) is 5.10 Å². The quantitative estimate of drug-likeness (QED) is 0.737. The molecule has 28 heavy (non-hydrogen) atoms. The van der Waals surface area contributed by atoms with Crippen LogP contribution in [0.5, 0.6) is 0 Å². The highest BCUT2D eigenvalue weighted by molar-refractivity contribution is 5.95. The van der Waals surface area contributed by atoms with Crippen LogP contribution in [0.2, 0.25) is 0 Å². The third kappa shape index (κ3) is 3.70. The van der Waals surface area contributed by atoms with Crippen LogP contribution in [0.15, 0.2) is 42.7 Å². The summed E-state index contributed by atoms with van der Waals surface area (Å²) in [7, 11) is 0. The van der Waals surface area contributed by atoms with Gasteiger partial charge in [-0.1, -0.05) is 17.7 Å². The molecule has 4 rings (SSSR count). The van der Waals surface area contributed by atoms with Crippen LogP contribution in [0.3, 0.4) is 0 Å². The number of nitrogens with one attached hydrogen (secondary N) is 1. The highest BCUT2D eigenvalue weighted by atomic mass is 16.1. The van der Waals surface area contributed by atoms with Crippen molar-refractivity contribution in [1.29, 1.82) is 0 Å². The fraction of sp³-hybridized carbons (Fsp3) is 0.348. The van der Waals surface area contributed by atoms with Crippen LogP contribution in [-0.4, -0.2) is 27.2 Å². The number of aryl methyl sites for hydroxylation is 2. The predicted molar refractivity (Wildman–Crippen MR) is 110 cm³/mol. The smallest absolute Gasteiger partial charge is 0.251 e. The van der Waals surface area contributed by atoms with Crippen LogP contribution >= 0.6 is 0 Å². The van der Waals surface area contributed by atoms with Gasteiger partial charge in [0, 0.05) is 41.3 Å². The molecular formula is C23H26N4O. The first-order chi connectivity index (χ1) is 13.6. The lowest BCUT2D eigenvalue weighted by Crippen LogP contribution is -2.28. The Morgan fingerprint density at radius 1 is 1.11 bits per heavy atom. The minimum atomic E-state index is -0.0205. The summed E-state index contributed by atoms with van der Waals surface area (Å²) in [6.07, 6.45) is 8.16. The van der Waals surface area contributed by atoms with Crippen molar-refractivity contribution in [3.63, 3.8) is 0 Å². The second-order valence-corrected chi connectivity index (χ2v) is 7.51. The molecule has 5 nitrogen and oxygen atoms in total. The van der Waals surface area contributed by atoms with Crippen molar-refractivity contribution in [2.75, 3.05) is 6.54 Å². The molecule has 0 radical (unpaired) electrons. The van der Waals surface area contributed by atoms with E-state index in [-0.39, 0.29) is 5.91 Å². The molecule has 3 aromatic rings. The lowest BCUT2D eigenvalue weighted by atomic mass is 9.94. The van der Waals surface area contributed by atoms with Crippen LogP contribution in [-0.2, 0) is 19.4 Å². The second kappa shape index (κ2) is 7.97. The maximum atomic E-state index is 12.5. The Labute approximate surface area is 165 Å². The zero-order chi connectivity index (χ0) is 19.5. The van der Waals surface area contributed by atoms with Crippen molar-refractivity contribution in [3.8, 4) is 11.3 Å². The van der Waals surface area contributed by atoms with Gasteiger partial charge in [-0.05, 0) is 63.3 Å². The minimum absolute atomic E-state index is 0.0205. The molecule has 0 saturated heterocycles. The number of fused-ring (bicyclic) bond motifs is 1. The number of amides is 1. The van der Waals surface area contributed by atoms with Gasteiger partial charge in [0.2, 0.25) is 0 Å². The van der Waals surface area contributed by atoms with E-state index in [9.17, 15) is 4.79 Å². The van der Waals surface area contributed by atoms with Crippen LogP contribution in [0.25, 0.3) is 11.3 Å². The zero-order valence-electron chi connectivity index (χ0n) is 16.5. The van der Waals surface area contributed by atoms with E-state index in [1.807, 2.05) is 56.6 Å². The predicted octanol–water partition coefficient (Wildman–Crippen LogP) is 3.87. The van der Waals surface area contributed by atoms with Crippen LogP contribution in [0.1, 0.15) is 45.6 Å². The summed E-state index contributed by atoms with van der Waals surface area (Å²) >= 11 is 0. The summed E-state index contributed by atoms with van der Waals surface area (Å²) in [6, 6.07) is 9.96. The van der Waals surface area contributed by atoms with Gasteiger partial charge in [-0.15, -0.1) is 0 Å². The number of carbonyl (C=O) groups excluding carboxylic acids is 1. The molecule has 5 heteroatoms. The average Bonchev–Trinajstić information content (AvgIpc) is 3.07. The number of rotatable bonds is 5. The van der Waals surface area contributed by atoms with E-state index in [1.165, 1.54) is 29.7 Å². The van der Waals surface area contributed by atoms with Crippen molar-refractivity contribution in [3.05, 3.63) is 70.7 Å². The number of carbonyl (C=O) groups is 1. The van der Waals surface area contributed by atoms with Crippen LogP contribution < -0.4 is 5.32 Å². The van der Waals surface area contributed by atoms with Gasteiger partial charge in [0.25, 0.3) is 5.91 Å². The summed E-state index contributed by atoms with van der Waals surface area (Å²) in [5.41, 5.74) is 7.78. The highest BCUT2D eigenvalue weighted by Crippen LogP contribution is 2.30. The molecule has 1 amide bonds. The SMILES string of the molecule is Cc1ccc(C(=O)NCCn2nc(-c3ccncc3)c3c2CCCC3)c(C)c1. The number of nitrogens with zero attached hydrogens (tertiary/aromatic N) is 3. The standard InChI is InChI=1S/C23H26N4O/c1-16-7-8-19(17(2)15-16)23(28)25-13-14-27-21-6-4-3-5-20(21)22(26-27)18-9-11-24-12-10-18/h7-12,15H,3-6,13-14H2,1-2H3,(H,25,28). The Kier molecular flexibility index (Phi) is 5.24.